The standard InChI is InChI=1S/C11H17F3O4/c12-11(13,14)8-18-6-2-4-10(9(15)16)3-1-5-17-7-10/h1-8H2,(H,15,16). The monoisotopic (exact) mass is 270 g/mol. The number of hydrogen-bond acceptors (Lipinski definition) is 3. The van der Waals surface area contributed by atoms with Crippen molar-refractivity contribution < 1.29 is 32.5 Å². The molecule has 18 heavy (non-hydrogen) atoms. The van der Waals surface area contributed by atoms with Crippen LogP contribution in [0.25, 0.3) is 0 Å². The van der Waals surface area contributed by atoms with E-state index >= 15 is 0 Å². The van der Waals surface area contributed by atoms with Crippen LogP contribution in [-0.2, 0) is 14.3 Å². The van der Waals surface area contributed by atoms with Crippen LogP contribution in [0.1, 0.15) is 25.7 Å². The van der Waals surface area contributed by atoms with Gasteiger partial charge in [-0.1, -0.05) is 0 Å². The van der Waals surface area contributed by atoms with Gasteiger partial charge in [-0.3, -0.25) is 4.79 Å². The molecule has 1 aliphatic heterocycles. The van der Waals surface area contributed by atoms with Gasteiger partial charge in [0.15, 0.2) is 0 Å². The fourth-order valence-electron chi connectivity index (χ4n) is 2.03. The lowest BCUT2D eigenvalue weighted by molar-refractivity contribution is -0.175. The first-order valence-corrected chi connectivity index (χ1v) is 5.81. The van der Waals surface area contributed by atoms with E-state index in [2.05, 4.69) is 4.74 Å². The molecule has 0 spiro atoms. The zero-order chi connectivity index (χ0) is 13.6. The Kier molecular flexibility index (Phi) is 5.40. The summed E-state index contributed by atoms with van der Waals surface area (Å²) >= 11 is 0. The van der Waals surface area contributed by atoms with Crippen molar-refractivity contribution in [1.29, 1.82) is 0 Å². The molecule has 0 aromatic heterocycles. The van der Waals surface area contributed by atoms with Crippen molar-refractivity contribution in [3.8, 4) is 0 Å². The van der Waals surface area contributed by atoms with Gasteiger partial charge in [0.2, 0.25) is 0 Å². The van der Waals surface area contributed by atoms with E-state index in [0.717, 1.165) is 0 Å². The van der Waals surface area contributed by atoms with Crippen LogP contribution in [-0.4, -0.2) is 43.7 Å². The first-order chi connectivity index (χ1) is 8.36. The van der Waals surface area contributed by atoms with Gasteiger partial charge < -0.3 is 14.6 Å². The minimum absolute atomic E-state index is 0.0888. The molecule has 7 heteroatoms. The van der Waals surface area contributed by atoms with Gasteiger partial charge in [-0.15, -0.1) is 0 Å². The second kappa shape index (κ2) is 6.38. The third-order valence-corrected chi connectivity index (χ3v) is 2.99. The van der Waals surface area contributed by atoms with E-state index in [4.69, 9.17) is 4.74 Å². The Balaban J connectivity index is 2.28. The number of alkyl halides is 3. The Morgan fingerprint density at radius 2 is 2.17 bits per heavy atom. The summed E-state index contributed by atoms with van der Waals surface area (Å²) in [5, 5.41) is 9.17. The van der Waals surface area contributed by atoms with Gasteiger partial charge in [0, 0.05) is 13.2 Å². The molecule has 0 bridgehead atoms. The first kappa shape index (κ1) is 15.2. The minimum atomic E-state index is -4.33. The van der Waals surface area contributed by atoms with E-state index in [9.17, 15) is 23.1 Å². The van der Waals surface area contributed by atoms with E-state index in [1.54, 1.807) is 0 Å². The second-order valence-electron chi connectivity index (χ2n) is 4.51. The van der Waals surface area contributed by atoms with E-state index < -0.39 is 24.2 Å². The van der Waals surface area contributed by atoms with E-state index in [1.165, 1.54) is 0 Å². The highest BCUT2D eigenvalue weighted by Crippen LogP contribution is 2.33. The summed E-state index contributed by atoms with van der Waals surface area (Å²) < 4.78 is 45.0. The van der Waals surface area contributed by atoms with Gasteiger partial charge in [0.1, 0.15) is 6.61 Å². The summed E-state index contributed by atoms with van der Waals surface area (Å²) in [6, 6.07) is 0. The summed E-state index contributed by atoms with van der Waals surface area (Å²) in [6.45, 7) is -0.709. The van der Waals surface area contributed by atoms with Crippen LogP contribution in [0.5, 0.6) is 0 Å². The van der Waals surface area contributed by atoms with Crippen molar-refractivity contribution in [2.75, 3.05) is 26.4 Å². The van der Waals surface area contributed by atoms with Crippen LogP contribution in [0.4, 0.5) is 13.2 Å². The molecule has 1 heterocycles. The molecule has 4 nitrogen and oxygen atoms in total. The molecule has 1 unspecified atom stereocenters. The number of carboxylic acid groups (broad SMARTS) is 1. The van der Waals surface area contributed by atoms with Gasteiger partial charge in [-0.25, -0.2) is 0 Å². The number of aliphatic carboxylic acids is 1. The smallest absolute Gasteiger partial charge is 0.411 e. The van der Waals surface area contributed by atoms with Crippen LogP contribution in [0.15, 0.2) is 0 Å². The van der Waals surface area contributed by atoms with Crippen molar-refractivity contribution in [3.63, 3.8) is 0 Å². The normalized spacial score (nSPS) is 25.1. The number of rotatable bonds is 6. The van der Waals surface area contributed by atoms with Crippen molar-refractivity contribution in [1.82, 2.24) is 0 Å². The largest absolute Gasteiger partial charge is 0.481 e. The van der Waals surface area contributed by atoms with Crippen LogP contribution in [0.3, 0.4) is 0 Å². The molecule has 0 saturated carbocycles. The lowest BCUT2D eigenvalue weighted by atomic mass is 9.78. The van der Waals surface area contributed by atoms with Gasteiger partial charge in [-0.2, -0.15) is 13.2 Å². The Labute approximate surface area is 103 Å². The molecule has 1 N–H and O–H groups in total. The molecule has 1 atom stereocenters. The van der Waals surface area contributed by atoms with Crippen LogP contribution < -0.4 is 0 Å². The number of halogens is 3. The molecule has 1 aliphatic rings. The number of carbonyl (C=O) groups is 1. The zero-order valence-electron chi connectivity index (χ0n) is 9.96. The molecule has 106 valence electrons. The second-order valence-corrected chi connectivity index (χ2v) is 4.51. The quantitative estimate of drug-likeness (QED) is 0.752. The molecular weight excluding hydrogens is 253 g/mol. The molecule has 0 amide bonds. The van der Waals surface area contributed by atoms with Gasteiger partial charge in [0.05, 0.1) is 12.0 Å². The van der Waals surface area contributed by atoms with Crippen LogP contribution in [0.2, 0.25) is 0 Å². The lowest BCUT2D eigenvalue weighted by Gasteiger charge is -2.32. The topological polar surface area (TPSA) is 55.8 Å². The Morgan fingerprint density at radius 1 is 1.44 bits per heavy atom. The van der Waals surface area contributed by atoms with Crippen molar-refractivity contribution in [3.05, 3.63) is 0 Å². The van der Waals surface area contributed by atoms with E-state index in [1.807, 2.05) is 0 Å². The van der Waals surface area contributed by atoms with Gasteiger partial charge >= 0.3 is 12.1 Å². The lowest BCUT2D eigenvalue weighted by Crippen LogP contribution is -2.39. The molecular formula is C11H17F3O4. The summed E-state index contributed by atoms with van der Waals surface area (Å²) in [7, 11) is 0. The zero-order valence-corrected chi connectivity index (χ0v) is 9.96. The molecule has 1 rings (SSSR count). The predicted octanol–water partition coefficient (Wildman–Crippen LogP) is 2.23. The van der Waals surface area contributed by atoms with E-state index in [0.29, 0.717) is 19.4 Å². The molecule has 0 aliphatic carbocycles. The average Bonchev–Trinajstić information content (AvgIpc) is 2.28. The summed E-state index contributed by atoms with van der Waals surface area (Å²) in [4.78, 5) is 11.2. The van der Waals surface area contributed by atoms with Gasteiger partial charge in [-0.05, 0) is 25.7 Å². The highest BCUT2D eigenvalue weighted by Gasteiger charge is 2.40. The summed E-state index contributed by atoms with van der Waals surface area (Å²) in [5.41, 5.74) is -0.958. The maximum atomic E-state index is 11.8. The Morgan fingerprint density at radius 3 is 2.67 bits per heavy atom. The predicted molar refractivity (Wildman–Crippen MR) is 56.2 cm³/mol. The fraction of sp³-hybridized carbons (Fsp3) is 0.909. The minimum Gasteiger partial charge on any atom is -0.481 e. The van der Waals surface area contributed by atoms with Crippen molar-refractivity contribution in [2.45, 2.75) is 31.9 Å². The molecule has 0 aromatic carbocycles. The average molecular weight is 270 g/mol. The molecule has 1 saturated heterocycles. The SMILES string of the molecule is O=C(O)C1(CCCOCC(F)(F)F)CCCOC1. The maximum absolute atomic E-state index is 11.8. The third-order valence-electron chi connectivity index (χ3n) is 2.99. The number of carboxylic acids is 1. The Hall–Kier alpha value is -0.820. The highest BCUT2D eigenvalue weighted by atomic mass is 19.4. The van der Waals surface area contributed by atoms with Crippen LogP contribution in [0, 0.1) is 5.41 Å². The van der Waals surface area contributed by atoms with Gasteiger partial charge in [0.25, 0.3) is 0 Å². The van der Waals surface area contributed by atoms with Crippen LogP contribution >= 0.6 is 0 Å². The third kappa shape index (κ3) is 4.81. The molecule has 1 fully saturated rings. The summed E-state index contributed by atoms with van der Waals surface area (Å²) in [6.07, 6.45) is -2.61. The highest BCUT2D eigenvalue weighted by molar-refractivity contribution is 5.74. The first-order valence-electron chi connectivity index (χ1n) is 5.81. The molecule has 0 radical (unpaired) electrons. The van der Waals surface area contributed by atoms with Crippen molar-refractivity contribution in [2.24, 2.45) is 5.41 Å². The molecule has 0 aromatic rings. The maximum Gasteiger partial charge on any atom is 0.411 e. The van der Waals surface area contributed by atoms with Crippen molar-refractivity contribution >= 4 is 5.97 Å². The Bertz CT molecular complexity index is 272. The number of hydrogen-bond donors (Lipinski definition) is 1. The number of ether oxygens (including phenoxy) is 2. The fourth-order valence-corrected chi connectivity index (χ4v) is 2.03. The summed E-state index contributed by atoms with van der Waals surface area (Å²) in [5.74, 6) is -0.946. The van der Waals surface area contributed by atoms with E-state index in [-0.39, 0.29) is 26.1 Å².